The molecule has 0 spiro atoms. The fourth-order valence-corrected chi connectivity index (χ4v) is 4.72. The summed E-state index contributed by atoms with van der Waals surface area (Å²) in [5.41, 5.74) is 5.86. The summed E-state index contributed by atoms with van der Waals surface area (Å²) in [5, 5.41) is 31.3. The number of fused-ring (bicyclic) bond motifs is 1. The van der Waals surface area contributed by atoms with E-state index in [2.05, 4.69) is 29.1 Å². The summed E-state index contributed by atoms with van der Waals surface area (Å²) in [4.78, 5) is -1.05. The number of nitrogens with zero attached hydrogens (tertiary/aromatic N) is 4. The van der Waals surface area contributed by atoms with Gasteiger partial charge in [-0.1, -0.05) is 83.1 Å². The van der Waals surface area contributed by atoms with E-state index < -0.39 is 30.0 Å². The van der Waals surface area contributed by atoms with Gasteiger partial charge in [-0.25, -0.2) is 10.5 Å². The minimum absolute atomic E-state index is 0. The second-order valence-corrected chi connectivity index (χ2v) is 12.1. The maximum atomic E-state index is 12.1. The largest absolute Gasteiger partial charge is 0.395 e. The van der Waals surface area contributed by atoms with Gasteiger partial charge in [-0.3, -0.25) is 9.11 Å². The van der Waals surface area contributed by atoms with Crippen LogP contribution in [0.1, 0.15) is 34.6 Å². The van der Waals surface area contributed by atoms with Crippen molar-refractivity contribution in [3.05, 3.63) is 78.9 Å². The molecule has 6 N–H and O–H groups in total. The normalized spacial score (nSPS) is 10.5. The molecule has 15 nitrogen and oxygen atoms in total. The van der Waals surface area contributed by atoms with E-state index in [9.17, 15) is 25.9 Å². The fourth-order valence-electron chi connectivity index (χ4n) is 3.26. The summed E-state index contributed by atoms with van der Waals surface area (Å²) in [5.74, 6) is 0.788. The number of rotatable bonds is 9. The molecular weight excluding hydrogens is 884 g/mol. The average Bonchev–Trinajstić information content (AvgIpc) is 3.09. The Kier molecular flexibility index (Phi) is 31.0. The Balaban J connectivity index is -0.00000128. The molecule has 0 saturated carbocycles. The molecule has 0 fully saturated rings. The zero-order chi connectivity index (χ0) is 36.8. The summed E-state index contributed by atoms with van der Waals surface area (Å²) in [6, 6.07) is 19.8. The van der Waals surface area contributed by atoms with Crippen LogP contribution in [0.4, 0.5) is 28.4 Å². The van der Waals surface area contributed by atoms with E-state index in [0.717, 1.165) is 42.0 Å². The van der Waals surface area contributed by atoms with E-state index in [4.69, 9.17) is 16.2 Å². The quantitative estimate of drug-likeness (QED) is 0.0262. The molecule has 0 aliphatic heterocycles. The van der Waals surface area contributed by atoms with E-state index >= 15 is 0 Å². The number of hydrogen-bond acceptors (Lipinski definition) is 15. The Morgan fingerprint density at radius 2 is 1.18 bits per heavy atom. The van der Waals surface area contributed by atoms with Gasteiger partial charge in [0.05, 0.1) is 16.3 Å². The van der Waals surface area contributed by atoms with Crippen LogP contribution in [0.5, 0.6) is 0 Å². The van der Waals surface area contributed by atoms with Crippen LogP contribution in [0.3, 0.4) is 0 Å². The van der Waals surface area contributed by atoms with E-state index in [1.165, 1.54) is 12.1 Å². The van der Waals surface area contributed by atoms with Crippen molar-refractivity contribution in [2.75, 3.05) is 17.7 Å². The third kappa shape index (κ3) is 19.0. The maximum Gasteiger partial charge on any atom is 0.297 e. The van der Waals surface area contributed by atoms with Crippen LogP contribution >= 0.6 is 24.1 Å². The van der Waals surface area contributed by atoms with Gasteiger partial charge in [0.2, 0.25) is 0 Å². The minimum Gasteiger partial charge on any atom is -0.395 e. The van der Waals surface area contributed by atoms with Crippen LogP contribution in [-0.4, -0.2) is 48.5 Å². The van der Waals surface area contributed by atoms with E-state index in [-0.39, 0.29) is 93.6 Å². The molecule has 270 valence electrons. The molecule has 50 heavy (non-hydrogen) atoms. The first-order valence-electron chi connectivity index (χ1n) is 13.9. The average molecular weight is 924 g/mol. The van der Waals surface area contributed by atoms with E-state index in [1.807, 2.05) is 34.6 Å². The van der Waals surface area contributed by atoms with Crippen molar-refractivity contribution in [1.82, 2.24) is 0 Å². The minimum atomic E-state index is -4.71. The molecule has 0 aliphatic rings. The van der Waals surface area contributed by atoms with Gasteiger partial charge in [0, 0.05) is 107 Å². The molecule has 21 heteroatoms. The van der Waals surface area contributed by atoms with Gasteiger partial charge in [-0.2, -0.15) is 30.6 Å². The molecule has 0 heterocycles. The zero-order valence-electron chi connectivity index (χ0n) is 28.1. The van der Waals surface area contributed by atoms with Crippen LogP contribution < -0.4 is 5.73 Å². The number of nitrogen functional groups attached to an aromatic ring is 1. The fraction of sp³-hybridized carbons (Fsp3) is 0.241. The van der Waals surface area contributed by atoms with Crippen molar-refractivity contribution < 1.29 is 111 Å². The summed E-state index contributed by atoms with van der Waals surface area (Å²) >= 11 is 1.93. The Labute approximate surface area is 351 Å². The predicted octanol–water partition coefficient (Wildman–Crippen LogP) is 9.69. The molecule has 0 aromatic heterocycles. The van der Waals surface area contributed by atoms with Crippen LogP contribution in [-0.2, 0) is 94.3 Å². The predicted molar refractivity (Wildman–Crippen MR) is 191 cm³/mol. The van der Waals surface area contributed by atoms with Crippen molar-refractivity contribution in [3.63, 3.8) is 0 Å². The van der Waals surface area contributed by atoms with Gasteiger partial charge in [0.25, 0.3) is 20.2 Å². The molecule has 0 saturated heterocycles. The summed E-state index contributed by atoms with van der Waals surface area (Å²) in [6.45, 7) is 9.89. The second kappa shape index (κ2) is 29.2. The molecule has 0 bridgehead atoms. The van der Waals surface area contributed by atoms with Gasteiger partial charge in [-0.15, -0.1) is 15.3 Å². The van der Waals surface area contributed by atoms with Gasteiger partial charge in [-0.05, 0) is 35.7 Å². The van der Waals surface area contributed by atoms with Crippen LogP contribution in [0.15, 0.2) is 109 Å². The molecule has 4 aromatic rings. The SMILES string of the molecule is CC.CC.CCSOO.CSOO.Nc1c(N=Nc2ccccc2)cc(S(=O)(=O)O)cc1N=Nc1ccc2ccccc2c1S(=O)(=O)O.[Y].[Y]. The Morgan fingerprint density at radius 3 is 1.62 bits per heavy atom. The monoisotopic (exact) mass is 923 g/mol. The van der Waals surface area contributed by atoms with E-state index in [1.54, 1.807) is 60.9 Å². The molecular formula is C29H39N5O10S4Y2. The standard InChI is InChI=1S/C22H17N5O6S2.C2H6O2S.2C2H6.CH4O2S.2Y/c23-21-19(26-24-15-7-2-1-3-8-15)12-16(34(28,29)30)13-20(21)27-25-18-11-10-14-6-4-5-9-17(14)22(18)35(31,32)33;1-2-5-4-3;2*1-2;1-4-3-2;;/h1-13H,23H2,(H,28,29,30)(H,31,32,33);3H,2H2,1H3;2*1-2H3;2H,1H3;;. The number of benzene rings is 4. The smallest absolute Gasteiger partial charge is 0.297 e. The molecule has 4 rings (SSSR count). The number of anilines is 1. The van der Waals surface area contributed by atoms with Crippen molar-refractivity contribution in [1.29, 1.82) is 0 Å². The summed E-state index contributed by atoms with van der Waals surface area (Å²) in [6.07, 6.45) is 1.62. The number of nitrogens with two attached hydrogens (primary N) is 1. The molecule has 0 amide bonds. The molecule has 0 atom stereocenters. The third-order valence-electron chi connectivity index (χ3n) is 5.06. The topological polar surface area (TPSA) is 243 Å². The first-order chi connectivity index (χ1) is 22.9. The molecule has 0 aliphatic carbocycles. The van der Waals surface area contributed by atoms with Gasteiger partial charge in [0.15, 0.2) is 0 Å². The zero-order valence-corrected chi connectivity index (χ0v) is 37.0. The first-order valence-corrected chi connectivity index (χ1v) is 18.9. The van der Waals surface area contributed by atoms with Crippen molar-refractivity contribution in [2.24, 2.45) is 20.5 Å². The number of azo groups is 2. The first kappa shape index (κ1) is 53.1. The van der Waals surface area contributed by atoms with Crippen LogP contribution in [0.2, 0.25) is 0 Å². The summed E-state index contributed by atoms with van der Waals surface area (Å²) < 4.78 is 74.2. The molecule has 0 unspecified atom stereocenters. The number of hydrogen-bond donors (Lipinski definition) is 5. The van der Waals surface area contributed by atoms with Crippen LogP contribution in [0.25, 0.3) is 10.8 Å². The third-order valence-corrected chi connectivity index (χ3v) is 7.33. The van der Waals surface area contributed by atoms with Crippen molar-refractivity contribution in [3.8, 4) is 0 Å². The Morgan fingerprint density at radius 1 is 0.700 bits per heavy atom. The van der Waals surface area contributed by atoms with Crippen LogP contribution in [0, 0.1) is 0 Å². The van der Waals surface area contributed by atoms with E-state index in [0.29, 0.717) is 11.1 Å². The van der Waals surface area contributed by atoms with Gasteiger partial charge in [0.1, 0.15) is 22.0 Å². The summed E-state index contributed by atoms with van der Waals surface area (Å²) in [7, 11) is -9.39. The van der Waals surface area contributed by atoms with Gasteiger partial charge < -0.3 is 5.73 Å². The van der Waals surface area contributed by atoms with Crippen molar-refractivity contribution >= 4 is 83.5 Å². The molecule has 2 radical (unpaired) electrons. The van der Waals surface area contributed by atoms with Gasteiger partial charge >= 0.3 is 0 Å². The Hall–Kier alpha value is -1.29. The van der Waals surface area contributed by atoms with Crippen molar-refractivity contribution in [2.45, 2.75) is 44.4 Å². The molecule has 4 aromatic carbocycles. The second-order valence-electron chi connectivity index (χ2n) is 7.92. The maximum absolute atomic E-state index is 12.1. The Bertz CT molecular complexity index is 1820.